The van der Waals surface area contributed by atoms with Gasteiger partial charge < -0.3 is 10.5 Å². The third kappa shape index (κ3) is 3.39. The highest BCUT2D eigenvalue weighted by molar-refractivity contribution is 7.80. The van der Waals surface area contributed by atoms with Crippen molar-refractivity contribution in [2.24, 2.45) is 10.8 Å². The van der Waals surface area contributed by atoms with Gasteiger partial charge in [-0.05, 0) is 24.4 Å². The molecule has 0 spiro atoms. The molecule has 0 unspecified atom stereocenters. The summed E-state index contributed by atoms with van der Waals surface area (Å²) in [7, 11) is 1.45. The van der Waals surface area contributed by atoms with Crippen LogP contribution in [0, 0.1) is 10.1 Å². The van der Waals surface area contributed by atoms with E-state index in [1.165, 1.54) is 19.4 Å². The van der Waals surface area contributed by atoms with Crippen LogP contribution in [0.4, 0.5) is 5.69 Å². The van der Waals surface area contributed by atoms with Gasteiger partial charge in [-0.25, -0.2) is 4.98 Å². The Morgan fingerprint density at radius 2 is 2.33 bits per heavy atom. The zero-order valence-electron chi connectivity index (χ0n) is 10.9. The first kappa shape index (κ1) is 14.6. The molecule has 108 valence electrons. The Morgan fingerprint density at radius 3 is 2.95 bits per heavy atom. The minimum Gasteiger partial charge on any atom is -0.496 e. The maximum absolute atomic E-state index is 11.1. The number of non-ortho nitro benzene ring substituents is 1. The number of nitro benzene ring substituents is 1. The second-order valence-electron chi connectivity index (χ2n) is 3.95. The van der Waals surface area contributed by atoms with Crippen molar-refractivity contribution in [1.82, 2.24) is 10.4 Å². The van der Waals surface area contributed by atoms with E-state index in [0.717, 1.165) is 0 Å². The van der Waals surface area contributed by atoms with Crippen molar-refractivity contribution in [3.8, 4) is 5.75 Å². The molecule has 3 N–H and O–H groups in total. The zero-order chi connectivity index (χ0) is 15.4. The second kappa shape index (κ2) is 6.09. The van der Waals surface area contributed by atoms with Crippen LogP contribution in [0.3, 0.4) is 0 Å². The predicted octanol–water partition coefficient (Wildman–Crippen LogP) is 1.32. The van der Waals surface area contributed by atoms with E-state index in [1.807, 2.05) is 0 Å². The SMILES string of the molecule is COc1cc([N+](=O)[O-])c2nc(/C=N/NC(N)=S)ccc2c1. The van der Waals surface area contributed by atoms with E-state index >= 15 is 0 Å². The number of methoxy groups -OCH3 is 1. The molecule has 8 nitrogen and oxygen atoms in total. The summed E-state index contributed by atoms with van der Waals surface area (Å²) >= 11 is 4.60. The largest absolute Gasteiger partial charge is 0.496 e. The van der Waals surface area contributed by atoms with E-state index < -0.39 is 4.92 Å². The van der Waals surface area contributed by atoms with Crippen molar-refractivity contribution < 1.29 is 9.66 Å². The van der Waals surface area contributed by atoms with Crippen molar-refractivity contribution in [2.75, 3.05) is 7.11 Å². The summed E-state index contributed by atoms with van der Waals surface area (Å²) in [6.45, 7) is 0. The lowest BCUT2D eigenvalue weighted by Crippen LogP contribution is -2.24. The quantitative estimate of drug-likeness (QED) is 0.379. The van der Waals surface area contributed by atoms with Crippen LogP contribution in [-0.2, 0) is 0 Å². The summed E-state index contributed by atoms with van der Waals surface area (Å²) in [5.74, 6) is 0.396. The van der Waals surface area contributed by atoms with Gasteiger partial charge >= 0.3 is 0 Å². The van der Waals surface area contributed by atoms with Crippen molar-refractivity contribution in [3.05, 3.63) is 40.1 Å². The summed E-state index contributed by atoms with van der Waals surface area (Å²) in [4.78, 5) is 14.8. The Hall–Kier alpha value is -2.81. The summed E-state index contributed by atoms with van der Waals surface area (Å²) in [6.07, 6.45) is 1.37. The molecule has 0 amide bonds. The lowest BCUT2D eigenvalue weighted by atomic mass is 10.1. The molecule has 2 aromatic rings. The number of thiocarbonyl (C=S) groups is 1. The molecule has 1 heterocycles. The standard InChI is InChI=1S/C12H11N5O3S/c1-20-9-4-7-2-3-8(6-14-16-12(13)21)15-11(7)10(5-9)17(18)19/h2-6H,1H3,(H3,13,16,21)/b14-6+. The molecule has 0 atom stereocenters. The van der Waals surface area contributed by atoms with Crippen molar-refractivity contribution >= 4 is 40.1 Å². The van der Waals surface area contributed by atoms with E-state index in [-0.39, 0.29) is 16.3 Å². The number of nitro groups is 1. The van der Waals surface area contributed by atoms with Gasteiger partial charge in [0.15, 0.2) is 5.11 Å². The number of hydrogen-bond acceptors (Lipinski definition) is 6. The maximum atomic E-state index is 11.1. The average Bonchev–Trinajstić information content (AvgIpc) is 2.45. The van der Waals surface area contributed by atoms with Gasteiger partial charge in [0.25, 0.3) is 5.69 Å². The lowest BCUT2D eigenvalue weighted by molar-refractivity contribution is -0.383. The fourth-order valence-electron chi connectivity index (χ4n) is 1.70. The minimum atomic E-state index is -0.508. The average molecular weight is 305 g/mol. The number of benzene rings is 1. The molecule has 9 heteroatoms. The van der Waals surface area contributed by atoms with Crippen LogP contribution in [-0.4, -0.2) is 28.3 Å². The van der Waals surface area contributed by atoms with Gasteiger partial charge in [0.05, 0.1) is 30.0 Å². The Balaban J connectivity index is 2.50. The van der Waals surface area contributed by atoms with Gasteiger partial charge in [-0.3, -0.25) is 15.5 Å². The summed E-state index contributed by atoms with van der Waals surface area (Å²) in [5, 5.41) is 15.5. The molecule has 0 radical (unpaired) electrons. The van der Waals surface area contributed by atoms with Gasteiger partial charge in [-0.15, -0.1) is 0 Å². The van der Waals surface area contributed by atoms with Crippen LogP contribution in [0.1, 0.15) is 5.69 Å². The number of hydrogen-bond donors (Lipinski definition) is 2. The van der Waals surface area contributed by atoms with Gasteiger partial charge in [0.1, 0.15) is 11.3 Å². The number of nitrogens with two attached hydrogens (primary N) is 1. The number of nitrogens with zero attached hydrogens (tertiary/aromatic N) is 3. The Kier molecular flexibility index (Phi) is 4.24. The number of rotatable bonds is 4. The molecular weight excluding hydrogens is 294 g/mol. The van der Waals surface area contributed by atoms with E-state index in [1.54, 1.807) is 18.2 Å². The number of nitrogens with one attached hydrogen (secondary N) is 1. The maximum Gasteiger partial charge on any atom is 0.299 e. The fourth-order valence-corrected chi connectivity index (χ4v) is 1.75. The first-order valence-electron chi connectivity index (χ1n) is 5.73. The molecule has 21 heavy (non-hydrogen) atoms. The van der Waals surface area contributed by atoms with Crippen LogP contribution in [0.25, 0.3) is 10.9 Å². The summed E-state index contributed by atoms with van der Waals surface area (Å²) in [5.41, 5.74) is 8.15. The van der Waals surface area contributed by atoms with E-state index in [2.05, 4.69) is 27.7 Å². The van der Waals surface area contributed by atoms with Gasteiger partial charge in [-0.1, -0.05) is 6.07 Å². The summed E-state index contributed by atoms with van der Waals surface area (Å²) < 4.78 is 5.04. The molecule has 0 aliphatic carbocycles. The highest BCUT2D eigenvalue weighted by atomic mass is 32.1. The van der Waals surface area contributed by atoms with Crippen molar-refractivity contribution in [1.29, 1.82) is 0 Å². The number of hydrazone groups is 1. The minimum absolute atomic E-state index is 0.0164. The van der Waals surface area contributed by atoms with Crippen LogP contribution < -0.4 is 15.9 Å². The Labute approximate surface area is 124 Å². The highest BCUT2D eigenvalue weighted by Crippen LogP contribution is 2.29. The molecule has 0 aliphatic rings. The fraction of sp³-hybridized carbons (Fsp3) is 0.0833. The highest BCUT2D eigenvalue weighted by Gasteiger charge is 2.16. The molecule has 0 fully saturated rings. The number of pyridine rings is 1. The zero-order valence-corrected chi connectivity index (χ0v) is 11.8. The number of ether oxygens (including phenoxy) is 1. The van der Waals surface area contributed by atoms with Crippen LogP contribution in [0.2, 0.25) is 0 Å². The first-order valence-corrected chi connectivity index (χ1v) is 6.14. The Bertz CT molecular complexity index is 747. The van der Waals surface area contributed by atoms with Crippen molar-refractivity contribution in [3.63, 3.8) is 0 Å². The molecule has 0 saturated heterocycles. The third-order valence-corrected chi connectivity index (χ3v) is 2.66. The molecule has 0 aliphatic heterocycles. The molecule has 0 bridgehead atoms. The van der Waals surface area contributed by atoms with Crippen LogP contribution in [0.5, 0.6) is 5.75 Å². The topological polar surface area (TPSA) is 116 Å². The van der Waals surface area contributed by atoms with Gasteiger partial charge in [0.2, 0.25) is 0 Å². The monoisotopic (exact) mass is 305 g/mol. The van der Waals surface area contributed by atoms with Crippen molar-refractivity contribution in [2.45, 2.75) is 0 Å². The smallest absolute Gasteiger partial charge is 0.299 e. The number of fused-ring (bicyclic) bond motifs is 1. The number of aromatic nitrogens is 1. The normalized spacial score (nSPS) is 10.7. The molecule has 1 aromatic carbocycles. The molecular formula is C12H11N5O3S. The van der Waals surface area contributed by atoms with Gasteiger partial charge in [-0.2, -0.15) is 5.10 Å². The van der Waals surface area contributed by atoms with Gasteiger partial charge in [0, 0.05) is 5.39 Å². The van der Waals surface area contributed by atoms with E-state index in [4.69, 9.17) is 10.5 Å². The Morgan fingerprint density at radius 1 is 1.57 bits per heavy atom. The predicted molar refractivity (Wildman–Crippen MR) is 82.5 cm³/mol. The van der Waals surface area contributed by atoms with E-state index in [0.29, 0.717) is 16.8 Å². The van der Waals surface area contributed by atoms with Crippen LogP contribution >= 0.6 is 12.2 Å². The molecule has 1 aromatic heterocycles. The summed E-state index contributed by atoms with van der Waals surface area (Å²) in [6, 6.07) is 6.35. The molecule has 2 rings (SSSR count). The third-order valence-electron chi connectivity index (χ3n) is 2.57. The van der Waals surface area contributed by atoms with E-state index in [9.17, 15) is 10.1 Å². The lowest BCUT2D eigenvalue weighted by Gasteiger charge is -2.04. The molecule has 0 saturated carbocycles. The van der Waals surface area contributed by atoms with Crippen LogP contribution in [0.15, 0.2) is 29.4 Å². The second-order valence-corrected chi connectivity index (χ2v) is 4.39. The first-order chi connectivity index (χ1) is 10.0.